The molecule has 0 aromatic heterocycles. The number of aryl methyl sites for hydroxylation is 1. The standard InChI is InChI=1S/C18H18O5/c1-10(2)23-18(22)14-9-12(7-8-15(14)19)17(21)13-6-4-5-11(3)16(13)20/h4-10,19-20H,1-3H3. The van der Waals surface area contributed by atoms with Crippen LogP contribution in [0.15, 0.2) is 36.4 Å². The molecule has 0 radical (unpaired) electrons. The molecule has 0 fully saturated rings. The fourth-order valence-electron chi connectivity index (χ4n) is 2.12. The van der Waals surface area contributed by atoms with Crippen LogP contribution in [0.2, 0.25) is 0 Å². The zero-order chi connectivity index (χ0) is 17.1. The maximum Gasteiger partial charge on any atom is 0.342 e. The first kappa shape index (κ1) is 16.5. The Morgan fingerprint density at radius 1 is 1.04 bits per heavy atom. The van der Waals surface area contributed by atoms with Crippen molar-refractivity contribution in [2.24, 2.45) is 0 Å². The number of hydrogen-bond acceptors (Lipinski definition) is 5. The Bertz CT molecular complexity index is 762. The topological polar surface area (TPSA) is 83.8 Å². The van der Waals surface area contributed by atoms with E-state index in [1.54, 1.807) is 32.9 Å². The molecule has 2 aromatic rings. The summed E-state index contributed by atoms with van der Waals surface area (Å²) in [5.41, 5.74) is 0.809. The van der Waals surface area contributed by atoms with Crippen molar-refractivity contribution >= 4 is 11.8 Å². The van der Waals surface area contributed by atoms with Gasteiger partial charge in [0.1, 0.15) is 17.1 Å². The number of carbonyl (C=O) groups excluding carboxylic acids is 2. The van der Waals surface area contributed by atoms with Gasteiger partial charge in [0.25, 0.3) is 0 Å². The third-order valence-electron chi connectivity index (χ3n) is 3.30. The average molecular weight is 314 g/mol. The molecule has 5 nitrogen and oxygen atoms in total. The molecule has 120 valence electrons. The molecule has 0 heterocycles. The molecule has 5 heteroatoms. The number of phenolic OH excluding ortho intramolecular Hbond substituents is 2. The number of benzene rings is 2. The van der Waals surface area contributed by atoms with E-state index in [9.17, 15) is 19.8 Å². The van der Waals surface area contributed by atoms with E-state index in [0.717, 1.165) is 0 Å². The minimum absolute atomic E-state index is 0.0864. The van der Waals surface area contributed by atoms with Crippen LogP contribution < -0.4 is 0 Å². The summed E-state index contributed by atoms with van der Waals surface area (Å²) >= 11 is 0. The van der Waals surface area contributed by atoms with Gasteiger partial charge in [-0.1, -0.05) is 12.1 Å². The van der Waals surface area contributed by atoms with E-state index in [4.69, 9.17) is 4.74 Å². The van der Waals surface area contributed by atoms with Crippen LogP contribution in [0.3, 0.4) is 0 Å². The first-order chi connectivity index (χ1) is 10.8. The summed E-state index contributed by atoms with van der Waals surface area (Å²) in [6, 6.07) is 8.78. The highest BCUT2D eigenvalue weighted by Gasteiger charge is 2.20. The number of aromatic hydroxyl groups is 2. The highest BCUT2D eigenvalue weighted by molar-refractivity contribution is 6.12. The first-order valence-electron chi connectivity index (χ1n) is 7.18. The number of phenols is 2. The molecule has 0 unspecified atom stereocenters. The zero-order valence-corrected chi connectivity index (χ0v) is 13.2. The molecule has 0 bridgehead atoms. The molecule has 0 atom stereocenters. The molecule has 0 amide bonds. The quantitative estimate of drug-likeness (QED) is 0.669. The summed E-state index contributed by atoms with van der Waals surface area (Å²) in [7, 11) is 0. The number of ether oxygens (including phenoxy) is 1. The molecule has 2 rings (SSSR count). The SMILES string of the molecule is Cc1cccc(C(=O)c2ccc(O)c(C(=O)OC(C)C)c2)c1O. The molecule has 0 aliphatic carbocycles. The molecule has 2 N–H and O–H groups in total. The number of para-hydroxylation sites is 1. The van der Waals surface area contributed by atoms with Gasteiger partial charge in [0, 0.05) is 5.56 Å². The van der Waals surface area contributed by atoms with Crippen LogP contribution in [0, 0.1) is 6.92 Å². The van der Waals surface area contributed by atoms with E-state index in [1.807, 2.05) is 0 Å². The minimum Gasteiger partial charge on any atom is -0.507 e. The van der Waals surface area contributed by atoms with Crippen molar-refractivity contribution in [2.45, 2.75) is 26.9 Å². The Kier molecular flexibility index (Phi) is 4.69. The van der Waals surface area contributed by atoms with Gasteiger partial charge in [-0.25, -0.2) is 4.79 Å². The third-order valence-corrected chi connectivity index (χ3v) is 3.30. The Hall–Kier alpha value is -2.82. The van der Waals surface area contributed by atoms with Gasteiger partial charge in [-0.15, -0.1) is 0 Å². The second kappa shape index (κ2) is 6.52. The van der Waals surface area contributed by atoms with E-state index >= 15 is 0 Å². The number of hydrogen-bond donors (Lipinski definition) is 2. The third kappa shape index (κ3) is 3.51. The van der Waals surface area contributed by atoms with Crippen molar-refractivity contribution < 1.29 is 24.5 Å². The summed E-state index contributed by atoms with van der Waals surface area (Å²) < 4.78 is 5.04. The normalized spacial score (nSPS) is 10.6. The van der Waals surface area contributed by atoms with E-state index in [-0.39, 0.29) is 34.3 Å². The molecule has 0 spiro atoms. The van der Waals surface area contributed by atoms with Gasteiger partial charge >= 0.3 is 5.97 Å². The molecule has 2 aromatic carbocycles. The number of rotatable bonds is 4. The summed E-state index contributed by atoms with van der Waals surface area (Å²) in [5, 5.41) is 19.8. The van der Waals surface area contributed by atoms with Gasteiger partial charge in [-0.2, -0.15) is 0 Å². The predicted octanol–water partition coefficient (Wildman–Crippen LogP) is 3.20. The summed E-state index contributed by atoms with van der Waals surface area (Å²) in [6.45, 7) is 5.07. The van der Waals surface area contributed by atoms with Crippen molar-refractivity contribution in [1.82, 2.24) is 0 Å². The van der Waals surface area contributed by atoms with Gasteiger partial charge < -0.3 is 14.9 Å². The smallest absolute Gasteiger partial charge is 0.342 e. The molecule has 0 aliphatic rings. The number of ketones is 1. The van der Waals surface area contributed by atoms with Crippen molar-refractivity contribution in [3.8, 4) is 11.5 Å². The van der Waals surface area contributed by atoms with Crippen LogP contribution in [0.4, 0.5) is 0 Å². The predicted molar refractivity (Wildman–Crippen MR) is 84.9 cm³/mol. The summed E-state index contributed by atoms with van der Waals surface area (Å²) in [5.74, 6) is -1.51. The number of esters is 1. The highest BCUT2D eigenvalue weighted by atomic mass is 16.5. The molecule has 23 heavy (non-hydrogen) atoms. The zero-order valence-electron chi connectivity index (χ0n) is 13.2. The lowest BCUT2D eigenvalue weighted by molar-refractivity contribution is 0.0374. The van der Waals surface area contributed by atoms with E-state index in [0.29, 0.717) is 5.56 Å². The monoisotopic (exact) mass is 314 g/mol. The lowest BCUT2D eigenvalue weighted by Gasteiger charge is -2.11. The van der Waals surface area contributed by atoms with Crippen molar-refractivity contribution in [1.29, 1.82) is 0 Å². The maximum absolute atomic E-state index is 12.5. The van der Waals surface area contributed by atoms with Crippen LogP contribution in [0.1, 0.15) is 45.7 Å². The second-order valence-corrected chi connectivity index (χ2v) is 5.49. The second-order valence-electron chi connectivity index (χ2n) is 5.49. The molecule has 0 saturated heterocycles. The van der Waals surface area contributed by atoms with Crippen molar-refractivity contribution in [3.05, 3.63) is 58.7 Å². The Morgan fingerprint density at radius 2 is 1.74 bits per heavy atom. The van der Waals surface area contributed by atoms with Crippen molar-refractivity contribution in [2.75, 3.05) is 0 Å². The first-order valence-corrected chi connectivity index (χ1v) is 7.18. The van der Waals surface area contributed by atoms with Gasteiger partial charge in [-0.3, -0.25) is 4.79 Å². The summed E-state index contributed by atoms with van der Waals surface area (Å²) in [6.07, 6.45) is -0.345. The van der Waals surface area contributed by atoms with Crippen molar-refractivity contribution in [3.63, 3.8) is 0 Å². The lowest BCUT2D eigenvalue weighted by atomic mass is 9.98. The van der Waals surface area contributed by atoms with Gasteiger partial charge in [0.2, 0.25) is 0 Å². The largest absolute Gasteiger partial charge is 0.507 e. The van der Waals surface area contributed by atoms with Crippen LogP contribution in [-0.4, -0.2) is 28.1 Å². The highest BCUT2D eigenvalue weighted by Crippen LogP contribution is 2.26. The average Bonchev–Trinajstić information content (AvgIpc) is 2.49. The fourth-order valence-corrected chi connectivity index (χ4v) is 2.12. The Labute approximate surface area is 134 Å². The fraction of sp³-hybridized carbons (Fsp3) is 0.222. The summed E-state index contributed by atoms with van der Waals surface area (Å²) in [4.78, 5) is 24.5. The molecule has 0 saturated carbocycles. The molecular formula is C18H18O5. The van der Waals surface area contributed by atoms with E-state index in [1.165, 1.54) is 24.3 Å². The molecule has 0 aliphatic heterocycles. The Balaban J connectivity index is 2.43. The lowest BCUT2D eigenvalue weighted by Crippen LogP contribution is -2.13. The molecular weight excluding hydrogens is 296 g/mol. The van der Waals surface area contributed by atoms with Crippen LogP contribution in [0.5, 0.6) is 11.5 Å². The van der Waals surface area contributed by atoms with E-state index in [2.05, 4.69) is 0 Å². The van der Waals surface area contributed by atoms with Crippen LogP contribution in [-0.2, 0) is 4.74 Å². The van der Waals surface area contributed by atoms with Gasteiger partial charge in [-0.05, 0) is 50.6 Å². The van der Waals surface area contributed by atoms with Gasteiger partial charge in [0.05, 0.1) is 11.7 Å². The van der Waals surface area contributed by atoms with Gasteiger partial charge in [0.15, 0.2) is 5.78 Å². The maximum atomic E-state index is 12.5. The van der Waals surface area contributed by atoms with Crippen LogP contribution in [0.25, 0.3) is 0 Å². The van der Waals surface area contributed by atoms with E-state index < -0.39 is 11.8 Å². The Morgan fingerprint density at radius 3 is 2.39 bits per heavy atom. The van der Waals surface area contributed by atoms with Crippen LogP contribution >= 0.6 is 0 Å². The minimum atomic E-state index is -0.708. The number of carbonyl (C=O) groups is 2.